The molecule has 0 spiro atoms. The number of nitrogens with one attached hydrogen (secondary N) is 1. The predicted molar refractivity (Wildman–Crippen MR) is 72.1 cm³/mol. The van der Waals surface area contributed by atoms with Crippen molar-refractivity contribution in [2.24, 2.45) is 5.92 Å². The van der Waals surface area contributed by atoms with E-state index in [0.29, 0.717) is 5.92 Å². The van der Waals surface area contributed by atoms with E-state index in [0.717, 1.165) is 50.8 Å². The molecule has 1 aliphatic heterocycles. The molecular weight excluding hydrogens is 228 g/mol. The van der Waals surface area contributed by atoms with Crippen LogP contribution in [0.4, 0.5) is 5.82 Å². The van der Waals surface area contributed by atoms with Crippen molar-refractivity contribution in [3.05, 3.63) is 18.3 Å². The number of anilines is 1. The molecule has 100 valence electrons. The molecular formula is C14H22N2O2. The second-order valence-corrected chi connectivity index (χ2v) is 4.64. The fraction of sp³-hybridized carbons (Fsp3) is 0.643. The molecule has 0 amide bonds. The Morgan fingerprint density at radius 3 is 3.28 bits per heavy atom. The van der Waals surface area contributed by atoms with Gasteiger partial charge in [-0.05, 0) is 37.3 Å². The lowest BCUT2D eigenvalue weighted by atomic mass is 10.1. The van der Waals surface area contributed by atoms with E-state index in [9.17, 15) is 0 Å². The van der Waals surface area contributed by atoms with Crippen molar-refractivity contribution in [2.45, 2.75) is 26.2 Å². The van der Waals surface area contributed by atoms with E-state index in [-0.39, 0.29) is 0 Å². The topological polar surface area (TPSA) is 43.4 Å². The van der Waals surface area contributed by atoms with Crippen LogP contribution in [-0.4, -0.2) is 31.3 Å². The largest absolute Gasteiger partial charge is 0.490 e. The van der Waals surface area contributed by atoms with E-state index in [1.807, 2.05) is 12.1 Å². The SMILES string of the molecule is CCCOc1cccnc1NCCC1CCOC1. The fourth-order valence-corrected chi connectivity index (χ4v) is 2.06. The maximum Gasteiger partial charge on any atom is 0.168 e. The van der Waals surface area contributed by atoms with Gasteiger partial charge in [0.1, 0.15) is 0 Å². The molecule has 0 radical (unpaired) electrons. The summed E-state index contributed by atoms with van der Waals surface area (Å²) in [4.78, 5) is 4.33. The summed E-state index contributed by atoms with van der Waals surface area (Å²) in [5.74, 6) is 2.40. The highest BCUT2D eigenvalue weighted by atomic mass is 16.5. The van der Waals surface area contributed by atoms with Crippen LogP contribution in [0.2, 0.25) is 0 Å². The summed E-state index contributed by atoms with van der Waals surface area (Å²) in [6.07, 6.45) is 5.11. The molecule has 4 nitrogen and oxygen atoms in total. The summed E-state index contributed by atoms with van der Waals surface area (Å²) in [7, 11) is 0. The molecule has 0 aromatic carbocycles. The van der Waals surface area contributed by atoms with Crippen molar-refractivity contribution in [3.8, 4) is 5.75 Å². The van der Waals surface area contributed by atoms with Crippen molar-refractivity contribution >= 4 is 5.82 Å². The predicted octanol–water partition coefficient (Wildman–Crippen LogP) is 2.71. The number of aromatic nitrogens is 1. The Morgan fingerprint density at radius 2 is 2.50 bits per heavy atom. The molecule has 4 heteroatoms. The van der Waals surface area contributed by atoms with E-state index in [1.165, 1.54) is 6.42 Å². The van der Waals surface area contributed by atoms with Gasteiger partial charge < -0.3 is 14.8 Å². The Morgan fingerprint density at radius 1 is 1.56 bits per heavy atom. The zero-order chi connectivity index (χ0) is 12.6. The molecule has 0 bridgehead atoms. The standard InChI is InChI=1S/C14H22N2O2/c1-2-9-18-13-4-3-7-15-14(13)16-8-5-12-6-10-17-11-12/h3-4,7,12H,2,5-6,8-11H2,1H3,(H,15,16). The Bertz CT molecular complexity index is 351. The first-order valence-electron chi connectivity index (χ1n) is 6.79. The van der Waals surface area contributed by atoms with Crippen molar-refractivity contribution < 1.29 is 9.47 Å². The van der Waals surface area contributed by atoms with Crippen LogP contribution >= 0.6 is 0 Å². The summed E-state index contributed by atoms with van der Waals surface area (Å²) in [6.45, 7) is 5.58. The van der Waals surface area contributed by atoms with Crippen molar-refractivity contribution in [1.82, 2.24) is 4.98 Å². The maximum atomic E-state index is 5.66. The van der Waals surface area contributed by atoms with Gasteiger partial charge in [-0.3, -0.25) is 0 Å². The number of rotatable bonds is 7. The molecule has 18 heavy (non-hydrogen) atoms. The second-order valence-electron chi connectivity index (χ2n) is 4.64. The fourth-order valence-electron chi connectivity index (χ4n) is 2.06. The van der Waals surface area contributed by atoms with Gasteiger partial charge in [0.15, 0.2) is 11.6 Å². The van der Waals surface area contributed by atoms with E-state index in [1.54, 1.807) is 6.20 Å². The van der Waals surface area contributed by atoms with Crippen LogP contribution in [-0.2, 0) is 4.74 Å². The molecule has 0 aliphatic carbocycles. The van der Waals surface area contributed by atoms with Gasteiger partial charge in [0.25, 0.3) is 0 Å². The molecule has 1 aliphatic rings. The summed E-state index contributed by atoms with van der Waals surface area (Å²) in [5, 5.41) is 3.36. The summed E-state index contributed by atoms with van der Waals surface area (Å²) in [5.41, 5.74) is 0. The van der Waals surface area contributed by atoms with Crippen molar-refractivity contribution in [2.75, 3.05) is 31.7 Å². The highest BCUT2D eigenvalue weighted by molar-refractivity contribution is 5.49. The lowest BCUT2D eigenvalue weighted by Crippen LogP contribution is -2.11. The van der Waals surface area contributed by atoms with Gasteiger partial charge in [-0.1, -0.05) is 6.92 Å². The average Bonchev–Trinajstić information content (AvgIpc) is 2.91. The van der Waals surface area contributed by atoms with E-state index in [4.69, 9.17) is 9.47 Å². The highest BCUT2D eigenvalue weighted by Crippen LogP contribution is 2.22. The first-order chi connectivity index (χ1) is 8.90. The quantitative estimate of drug-likeness (QED) is 0.808. The van der Waals surface area contributed by atoms with Gasteiger partial charge in [0, 0.05) is 26.0 Å². The van der Waals surface area contributed by atoms with Gasteiger partial charge in [-0.25, -0.2) is 4.98 Å². The first kappa shape index (κ1) is 13.1. The van der Waals surface area contributed by atoms with E-state index in [2.05, 4.69) is 17.2 Å². The number of hydrogen-bond acceptors (Lipinski definition) is 4. The molecule has 1 saturated heterocycles. The Balaban J connectivity index is 1.79. The molecule has 1 N–H and O–H groups in total. The average molecular weight is 250 g/mol. The third-order valence-electron chi connectivity index (χ3n) is 3.10. The summed E-state index contributed by atoms with van der Waals surface area (Å²) >= 11 is 0. The van der Waals surface area contributed by atoms with Gasteiger partial charge in [-0.15, -0.1) is 0 Å². The molecule has 1 aromatic rings. The van der Waals surface area contributed by atoms with E-state index >= 15 is 0 Å². The lowest BCUT2D eigenvalue weighted by molar-refractivity contribution is 0.185. The normalized spacial score (nSPS) is 18.8. The minimum absolute atomic E-state index is 0.696. The van der Waals surface area contributed by atoms with Gasteiger partial charge in [-0.2, -0.15) is 0 Å². The van der Waals surface area contributed by atoms with Crippen LogP contribution in [0.15, 0.2) is 18.3 Å². The van der Waals surface area contributed by atoms with Crippen LogP contribution < -0.4 is 10.1 Å². The molecule has 2 heterocycles. The summed E-state index contributed by atoms with van der Waals surface area (Å²) in [6, 6.07) is 3.87. The molecule has 2 rings (SSSR count). The minimum Gasteiger partial charge on any atom is -0.490 e. The lowest BCUT2D eigenvalue weighted by Gasteiger charge is -2.13. The highest BCUT2D eigenvalue weighted by Gasteiger charge is 2.15. The van der Waals surface area contributed by atoms with Gasteiger partial charge >= 0.3 is 0 Å². The van der Waals surface area contributed by atoms with Crippen molar-refractivity contribution in [1.29, 1.82) is 0 Å². The van der Waals surface area contributed by atoms with Crippen molar-refractivity contribution in [3.63, 3.8) is 0 Å². The zero-order valence-electron chi connectivity index (χ0n) is 11.0. The number of nitrogens with zero attached hydrogens (tertiary/aromatic N) is 1. The van der Waals surface area contributed by atoms with Crippen LogP contribution in [0.1, 0.15) is 26.2 Å². The number of pyridine rings is 1. The maximum absolute atomic E-state index is 5.66. The first-order valence-corrected chi connectivity index (χ1v) is 6.79. The molecule has 1 aromatic heterocycles. The number of ether oxygens (including phenoxy) is 2. The molecule has 1 unspecified atom stereocenters. The third-order valence-corrected chi connectivity index (χ3v) is 3.10. The molecule has 1 fully saturated rings. The van der Waals surface area contributed by atoms with Gasteiger partial charge in [0.2, 0.25) is 0 Å². The van der Waals surface area contributed by atoms with Gasteiger partial charge in [0.05, 0.1) is 6.61 Å². The Kier molecular flexibility index (Phi) is 5.27. The third kappa shape index (κ3) is 3.88. The Labute approximate surface area is 109 Å². The monoisotopic (exact) mass is 250 g/mol. The van der Waals surface area contributed by atoms with Crippen LogP contribution in [0, 0.1) is 5.92 Å². The minimum atomic E-state index is 0.696. The molecule has 0 saturated carbocycles. The molecule has 1 atom stereocenters. The van der Waals surface area contributed by atoms with Crippen LogP contribution in [0.5, 0.6) is 5.75 Å². The number of hydrogen-bond donors (Lipinski definition) is 1. The zero-order valence-corrected chi connectivity index (χ0v) is 11.0. The summed E-state index contributed by atoms with van der Waals surface area (Å²) < 4.78 is 11.0. The smallest absolute Gasteiger partial charge is 0.168 e. The van der Waals surface area contributed by atoms with Crippen LogP contribution in [0.3, 0.4) is 0 Å². The second kappa shape index (κ2) is 7.21. The van der Waals surface area contributed by atoms with E-state index < -0.39 is 0 Å². The Hall–Kier alpha value is -1.29. The van der Waals surface area contributed by atoms with Crippen LogP contribution in [0.25, 0.3) is 0 Å².